The van der Waals surface area contributed by atoms with Crippen LogP contribution in [0, 0.1) is 6.92 Å². The Labute approximate surface area is 176 Å². The lowest BCUT2D eigenvalue weighted by atomic mass is 10.0. The van der Waals surface area contributed by atoms with Crippen LogP contribution in [0.5, 0.6) is 0 Å². The number of hydrogen-bond donors (Lipinski definition) is 0. The molecule has 0 radical (unpaired) electrons. The summed E-state index contributed by atoms with van der Waals surface area (Å²) in [6.45, 7) is 3.70. The van der Waals surface area contributed by atoms with Crippen molar-refractivity contribution in [3.63, 3.8) is 0 Å². The van der Waals surface area contributed by atoms with Gasteiger partial charge in [0.15, 0.2) is 0 Å². The standard InChI is InChI=1S/C23H27N5O2/c1-16-14-24-23(18-9-10-18)28(16)19-8-5-13-27(15-19)21(29)12-11-20-25-22(26-30-20)17-6-3-2-4-7-17/h2-4,6-7,14,18-19H,5,8-13,15H2,1H3. The number of nitrogens with zero attached hydrogens (tertiary/aromatic N) is 5. The lowest BCUT2D eigenvalue weighted by molar-refractivity contribution is -0.132. The van der Waals surface area contributed by atoms with Crippen molar-refractivity contribution in [1.29, 1.82) is 0 Å². The fourth-order valence-electron chi connectivity index (χ4n) is 4.41. The van der Waals surface area contributed by atoms with Crippen LogP contribution in [-0.4, -0.2) is 43.6 Å². The van der Waals surface area contributed by atoms with Gasteiger partial charge in [0, 0.05) is 49.3 Å². The summed E-state index contributed by atoms with van der Waals surface area (Å²) >= 11 is 0. The Bertz CT molecular complexity index is 1020. The Morgan fingerprint density at radius 2 is 2.03 bits per heavy atom. The molecule has 2 fully saturated rings. The van der Waals surface area contributed by atoms with Crippen molar-refractivity contribution in [2.45, 2.75) is 57.4 Å². The number of aryl methyl sites for hydroxylation is 2. The summed E-state index contributed by atoms with van der Waals surface area (Å²) in [5.74, 6) is 3.06. The van der Waals surface area contributed by atoms with Crippen LogP contribution < -0.4 is 0 Å². The summed E-state index contributed by atoms with van der Waals surface area (Å²) in [5.41, 5.74) is 2.12. The third-order valence-corrected chi connectivity index (χ3v) is 6.12. The summed E-state index contributed by atoms with van der Waals surface area (Å²) in [6, 6.07) is 10.1. The summed E-state index contributed by atoms with van der Waals surface area (Å²) in [5, 5.41) is 4.04. The molecular formula is C23H27N5O2. The number of carbonyl (C=O) groups is 1. The van der Waals surface area contributed by atoms with Crippen LogP contribution >= 0.6 is 0 Å². The molecule has 1 aliphatic carbocycles. The summed E-state index contributed by atoms with van der Waals surface area (Å²) < 4.78 is 7.75. The molecule has 0 N–H and O–H groups in total. The van der Waals surface area contributed by atoms with E-state index in [0.717, 1.165) is 31.5 Å². The summed E-state index contributed by atoms with van der Waals surface area (Å²) in [6.07, 6.45) is 7.44. The molecule has 1 unspecified atom stereocenters. The average molecular weight is 406 g/mol. The number of carbonyl (C=O) groups excluding carboxylic acids is 1. The Hall–Kier alpha value is -2.96. The van der Waals surface area contributed by atoms with Crippen LogP contribution in [0.2, 0.25) is 0 Å². The van der Waals surface area contributed by atoms with Crippen LogP contribution in [0.25, 0.3) is 11.4 Å². The second-order valence-electron chi connectivity index (χ2n) is 8.42. The first kappa shape index (κ1) is 19.0. The Kier molecular flexibility index (Phi) is 5.11. The monoisotopic (exact) mass is 405 g/mol. The SMILES string of the molecule is Cc1cnc(C2CC2)n1C1CCCN(C(=O)CCc2nc(-c3ccccc3)no2)C1. The van der Waals surface area contributed by atoms with Gasteiger partial charge >= 0.3 is 0 Å². The fraction of sp³-hybridized carbons (Fsp3) is 0.478. The molecule has 1 aromatic carbocycles. The van der Waals surface area contributed by atoms with E-state index in [0.29, 0.717) is 36.5 Å². The van der Waals surface area contributed by atoms with Gasteiger partial charge in [-0.2, -0.15) is 4.98 Å². The van der Waals surface area contributed by atoms with Gasteiger partial charge in [-0.25, -0.2) is 4.98 Å². The maximum Gasteiger partial charge on any atom is 0.227 e. The van der Waals surface area contributed by atoms with Gasteiger partial charge in [-0.3, -0.25) is 4.79 Å². The molecule has 1 aliphatic heterocycles. The van der Waals surface area contributed by atoms with Crippen molar-refractivity contribution >= 4 is 5.91 Å². The lowest BCUT2D eigenvalue weighted by Gasteiger charge is -2.35. The lowest BCUT2D eigenvalue weighted by Crippen LogP contribution is -2.41. The smallest absolute Gasteiger partial charge is 0.227 e. The zero-order valence-corrected chi connectivity index (χ0v) is 17.3. The van der Waals surface area contributed by atoms with Crippen molar-refractivity contribution in [3.05, 3.63) is 53.9 Å². The molecule has 0 spiro atoms. The number of likely N-dealkylation sites (tertiary alicyclic amines) is 1. The van der Waals surface area contributed by atoms with E-state index in [4.69, 9.17) is 4.52 Å². The Morgan fingerprint density at radius 1 is 1.20 bits per heavy atom. The van der Waals surface area contributed by atoms with Gasteiger partial charge in [0.25, 0.3) is 0 Å². The minimum Gasteiger partial charge on any atom is -0.341 e. The predicted octanol–water partition coefficient (Wildman–Crippen LogP) is 3.92. The van der Waals surface area contributed by atoms with Crippen LogP contribution in [0.15, 0.2) is 41.1 Å². The van der Waals surface area contributed by atoms with E-state index in [9.17, 15) is 4.79 Å². The van der Waals surface area contributed by atoms with E-state index in [1.165, 1.54) is 24.4 Å². The predicted molar refractivity (Wildman–Crippen MR) is 112 cm³/mol. The Balaban J connectivity index is 1.21. The molecule has 1 saturated carbocycles. The molecule has 2 aliphatic rings. The minimum atomic E-state index is 0.157. The van der Waals surface area contributed by atoms with Gasteiger partial charge in [-0.15, -0.1) is 0 Å². The van der Waals surface area contributed by atoms with Crippen molar-refractivity contribution in [3.8, 4) is 11.4 Å². The van der Waals surface area contributed by atoms with Crippen molar-refractivity contribution in [2.75, 3.05) is 13.1 Å². The number of aromatic nitrogens is 4. The van der Waals surface area contributed by atoms with E-state index < -0.39 is 0 Å². The topological polar surface area (TPSA) is 77.1 Å². The molecule has 1 amide bonds. The molecule has 156 valence electrons. The van der Waals surface area contributed by atoms with E-state index in [1.807, 2.05) is 41.4 Å². The highest BCUT2D eigenvalue weighted by Gasteiger charge is 2.33. The quantitative estimate of drug-likeness (QED) is 0.621. The molecular weight excluding hydrogens is 378 g/mol. The van der Waals surface area contributed by atoms with E-state index in [1.54, 1.807) is 0 Å². The van der Waals surface area contributed by atoms with Crippen LogP contribution in [-0.2, 0) is 11.2 Å². The van der Waals surface area contributed by atoms with Crippen molar-refractivity contribution in [1.82, 2.24) is 24.6 Å². The number of imidazole rings is 1. The molecule has 2 aromatic heterocycles. The van der Waals surface area contributed by atoms with Gasteiger partial charge in [0.2, 0.25) is 17.6 Å². The molecule has 30 heavy (non-hydrogen) atoms. The molecule has 7 nitrogen and oxygen atoms in total. The zero-order chi connectivity index (χ0) is 20.5. The minimum absolute atomic E-state index is 0.157. The Morgan fingerprint density at radius 3 is 2.83 bits per heavy atom. The van der Waals surface area contributed by atoms with Crippen LogP contribution in [0.3, 0.4) is 0 Å². The number of amides is 1. The van der Waals surface area contributed by atoms with Crippen LogP contribution in [0.1, 0.15) is 61.5 Å². The highest BCUT2D eigenvalue weighted by atomic mass is 16.5. The first-order chi connectivity index (χ1) is 14.7. The molecule has 7 heteroatoms. The van der Waals surface area contributed by atoms with Gasteiger partial charge < -0.3 is 14.0 Å². The van der Waals surface area contributed by atoms with Gasteiger partial charge in [-0.05, 0) is 32.6 Å². The largest absolute Gasteiger partial charge is 0.341 e. The highest BCUT2D eigenvalue weighted by molar-refractivity contribution is 5.76. The van der Waals surface area contributed by atoms with E-state index in [2.05, 4.69) is 26.6 Å². The zero-order valence-electron chi connectivity index (χ0n) is 17.3. The molecule has 3 heterocycles. The second kappa shape index (κ2) is 8.05. The van der Waals surface area contributed by atoms with Gasteiger partial charge in [-0.1, -0.05) is 35.5 Å². The normalized spacial score (nSPS) is 19.2. The number of piperidine rings is 1. The highest BCUT2D eigenvalue weighted by Crippen LogP contribution is 2.41. The van der Waals surface area contributed by atoms with E-state index in [-0.39, 0.29) is 5.91 Å². The van der Waals surface area contributed by atoms with E-state index >= 15 is 0 Å². The van der Waals surface area contributed by atoms with Crippen molar-refractivity contribution < 1.29 is 9.32 Å². The average Bonchev–Trinajstić information content (AvgIpc) is 3.39. The van der Waals surface area contributed by atoms with Crippen molar-refractivity contribution in [2.24, 2.45) is 0 Å². The number of hydrogen-bond acceptors (Lipinski definition) is 5. The first-order valence-corrected chi connectivity index (χ1v) is 10.9. The molecule has 0 bridgehead atoms. The third-order valence-electron chi connectivity index (χ3n) is 6.12. The molecule has 1 atom stereocenters. The second-order valence-corrected chi connectivity index (χ2v) is 8.42. The fourth-order valence-corrected chi connectivity index (χ4v) is 4.41. The molecule has 3 aromatic rings. The third kappa shape index (κ3) is 3.88. The molecule has 1 saturated heterocycles. The summed E-state index contributed by atoms with van der Waals surface area (Å²) in [4.78, 5) is 24.0. The van der Waals surface area contributed by atoms with Gasteiger partial charge in [0.1, 0.15) is 5.82 Å². The summed E-state index contributed by atoms with van der Waals surface area (Å²) in [7, 11) is 0. The number of benzene rings is 1. The van der Waals surface area contributed by atoms with Gasteiger partial charge in [0.05, 0.1) is 6.04 Å². The molecule has 5 rings (SSSR count). The van der Waals surface area contributed by atoms with Crippen LogP contribution in [0.4, 0.5) is 0 Å². The first-order valence-electron chi connectivity index (χ1n) is 10.9. The maximum absolute atomic E-state index is 12.9. The number of rotatable bonds is 6. The maximum atomic E-state index is 12.9.